The standard InChI is InChI=1S/C17H25NO5/c1-3-4-5-6-7-8-11-23-16-10-9-14(13-17(19)22-2)12-15(16)18(20)21/h9-10,12H,3-8,11,13H2,1-2H3. The molecule has 0 saturated carbocycles. The Morgan fingerprint density at radius 2 is 1.87 bits per heavy atom. The van der Waals surface area contributed by atoms with Crippen molar-refractivity contribution < 1.29 is 19.2 Å². The Hall–Kier alpha value is -2.11. The predicted octanol–water partition coefficient (Wildman–Crippen LogP) is 4.05. The highest BCUT2D eigenvalue weighted by Crippen LogP contribution is 2.28. The van der Waals surface area contributed by atoms with Gasteiger partial charge in [0.25, 0.3) is 0 Å². The monoisotopic (exact) mass is 323 g/mol. The number of esters is 1. The number of nitrogens with zero attached hydrogens (tertiary/aromatic N) is 1. The molecule has 0 saturated heterocycles. The van der Waals surface area contributed by atoms with Gasteiger partial charge in [0.1, 0.15) is 0 Å². The van der Waals surface area contributed by atoms with E-state index in [1.165, 1.54) is 32.4 Å². The van der Waals surface area contributed by atoms with Gasteiger partial charge in [-0.2, -0.15) is 0 Å². The molecule has 0 radical (unpaired) electrons. The number of carbonyl (C=O) groups is 1. The first-order chi connectivity index (χ1) is 11.1. The zero-order valence-electron chi connectivity index (χ0n) is 13.9. The van der Waals surface area contributed by atoms with E-state index < -0.39 is 10.9 Å². The summed E-state index contributed by atoms with van der Waals surface area (Å²) in [4.78, 5) is 21.9. The van der Waals surface area contributed by atoms with E-state index in [1.54, 1.807) is 12.1 Å². The molecule has 1 aromatic carbocycles. The fourth-order valence-electron chi connectivity index (χ4n) is 2.24. The van der Waals surface area contributed by atoms with Gasteiger partial charge < -0.3 is 9.47 Å². The summed E-state index contributed by atoms with van der Waals surface area (Å²) < 4.78 is 10.1. The Kier molecular flexibility index (Phi) is 8.72. The van der Waals surface area contributed by atoms with Crippen LogP contribution in [0.2, 0.25) is 0 Å². The van der Waals surface area contributed by atoms with E-state index >= 15 is 0 Å². The molecule has 1 aromatic rings. The minimum Gasteiger partial charge on any atom is -0.487 e. The van der Waals surface area contributed by atoms with Crippen molar-refractivity contribution in [3.8, 4) is 5.75 Å². The number of hydrogen-bond donors (Lipinski definition) is 0. The van der Waals surface area contributed by atoms with Crippen LogP contribution < -0.4 is 4.74 Å². The van der Waals surface area contributed by atoms with Crippen LogP contribution in [0.4, 0.5) is 5.69 Å². The normalized spacial score (nSPS) is 10.3. The number of methoxy groups -OCH3 is 1. The summed E-state index contributed by atoms with van der Waals surface area (Å²) >= 11 is 0. The van der Waals surface area contributed by atoms with Gasteiger partial charge in [0, 0.05) is 6.07 Å². The third-order valence-corrected chi connectivity index (χ3v) is 3.55. The number of ether oxygens (including phenoxy) is 2. The van der Waals surface area contributed by atoms with Crippen molar-refractivity contribution in [3.63, 3.8) is 0 Å². The quantitative estimate of drug-likeness (QED) is 0.266. The van der Waals surface area contributed by atoms with Crippen molar-refractivity contribution >= 4 is 11.7 Å². The number of rotatable bonds is 11. The van der Waals surface area contributed by atoms with E-state index in [1.807, 2.05) is 0 Å². The van der Waals surface area contributed by atoms with Gasteiger partial charge in [0.2, 0.25) is 0 Å². The van der Waals surface area contributed by atoms with Crippen molar-refractivity contribution in [2.24, 2.45) is 0 Å². The SMILES string of the molecule is CCCCCCCCOc1ccc(CC(=O)OC)cc1[N+](=O)[O-]. The summed E-state index contributed by atoms with van der Waals surface area (Å²) in [6.07, 6.45) is 6.79. The van der Waals surface area contributed by atoms with Crippen LogP contribution in [0, 0.1) is 10.1 Å². The molecule has 0 N–H and O–H groups in total. The van der Waals surface area contributed by atoms with Gasteiger partial charge in [-0.25, -0.2) is 0 Å². The van der Waals surface area contributed by atoms with Gasteiger partial charge in [0.15, 0.2) is 5.75 Å². The topological polar surface area (TPSA) is 78.7 Å². The lowest BCUT2D eigenvalue weighted by molar-refractivity contribution is -0.385. The molecule has 0 spiro atoms. The second-order valence-electron chi connectivity index (χ2n) is 5.43. The Labute approximate surface area is 136 Å². The van der Waals surface area contributed by atoms with Gasteiger partial charge in [0.05, 0.1) is 25.1 Å². The fraction of sp³-hybridized carbons (Fsp3) is 0.588. The minimum atomic E-state index is -0.489. The summed E-state index contributed by atoms with van der Waals surface area (Å²) in [7, 11) is 1.29. The molecule has 0 amide bonds. The third-order valence-electron chi connectivity index (χ3n) is 3.55. The van der Waals surface area contributed by atoms with Gasteiger partial charge in [-0.3, -0.25) is 14.9 Å². The predicted molar refractivity (Wildman–Crippen MR) is 87.7 cm³/mol. The summed E-state index contributed by atoms with van der Waals surface area (Å²) in [5, 5.41) is 11.1. The average Bonchev–Trinajstić information content (AvgIpc) is 2.54. The Bertz CT molecular complexity index is 516. The van der Waals surface area contributed by atoms with Gasteiger partial charge in [-0.15, -0.1) is 0 Å². The van der Waals surface area contributed by atoms with E-state index in [4.69, 9.17) is 4.74 Å². The van der Waals surface area contributed by atoms with Crippen molar-refractivity contribution in [2.45, 2.75) is 51.9 Å². The fourth-order valence-corrected chi connectivity index (χ4v) is 2.24. The molecule has 1 rings (SSSR count). The maximum Gasteiger partial charge on any atom is 0.311 e. The Morgan fingerprint density at radius 1 is 1.17 bits per heavy atom. The van der Waals surface area contributed by atoms with Crippen LogP contribution in [-0.2, 0) is 16.0 Å². The minimum absolute atomic E-state index is 0.00898. The van der Waals surface area contributed by atoms with Crippen LogP contribution in [0.15, 0.2) is 18.2 Å². The molecule has 6 heteroatoms. The molecule has 0 aliphatic carbocycles. The highest BCUT2D eigenvalue weighted by atomic mass is 16.6. The van der Waals surface area contributed by atoms with Crippen LogP contribution in [0.5, 0.6) is 5.75 Å². The number of hydrogen-bond acceptors (Lipinski definition) is 5. The second kappa shape index (κ2) is 10.6. The average molecular weight is 323 g/mol. The molecule has 23 heavy (non-hydrogen) atoms. The van der Waals surface area contributed by atoms with Crippen molar-refractivity contribution in [1.82, 2.24) is 0 Å². The zero-order valence-corrected chi connectivity index (χ0v) is 13.9. The number of nitro benzene ring substituents is 1. The van der Waals surface area contributed by atoms with Crippen LogP contribution in [0.25, 0.3) is 0 Å². The molecule has 0 atom stereocenters. The van der Waals surface area contributed by atoms with Gasteiger partial charge in [-0.1, -0.05) is 45.1 Å². The number of unbranched alkanes of at least 4 members (excludes halogenated alkanes) is 5. The summed E-state index contributed by atoms with van der Waals surface area (Å²) in [5.41, 5.74) is 0.424. The maximum atomic E-state index is 11.2. The number of nitro groups is 1. The molecule has 6 nitrogen and oxygen atoms in total. The van der Waals surface area contributed by atoms with E-state index in [0.29, 0.717) is 12.2 Å². The Morgan fingerprint density at radius 3 is 2.52 bits per heavy atom. The van der Waals surface area contributed by atoms with Crippen molar-refractivity contribution in [3.05, 3.63) is 33.9 Å². The van der Waals surface area contributed by atoms with Crippen LogP contribution in [0.3, 0.4) is 0 Å². The maximum absolute atomic E-state index is 11.2. The van der Waals surface area contributed by atoms with E-state index in [2.05, 4.69) is 11.7 Å². The molecule has 0 unspecified atom stereocenters. The first kappa shape index (κ1) is 18.9. The van der Waals surface area contributed by atoms with E-state index in [0.717, 1.165) is 19.3 Å². The molecule has 0 fully saturated rings. The molecular formula is C17H25NO5. The number of benzene rings is 1. The molecule has 0 bridgehead atoms. The lowest BCUT2D eigenvalue weighted by Gasteiger charge is -2.08. The Balaban J connectivity index is 2.54. The summed E-state index contributed by atoms with van der Waals surface area (Å²) in [6, 6.07) is 4.57. The van der Waals surface area contributed by atoms with Crippen molar-refractivity contribution in [2.75, 3.05) is 13.7 Å². The van der Waals surface area contributed by atoms with Crippen molar-refractivity contribution in [1.29, 1.82) is 0 Å². The second-order valence-corrected chi connectivity index (χ2v) is 5.43. The van der Waals surface area contributed by atoms with E-state index in [9.17, 15) is 14.9 Å². The molecule has 128 valence electrons. The smallest absolute Gasteiger partial charge is 0.311 e. The molecule has 0 aliphatic rings. The summed E-state index contributed by atoms with van der Waals surface area (Å²) in [5.74, 6) is -0.183. The summed E-state index contributed by atoms with van der Waals surface area (Å²) in [6.45, 7) is 2.63. The molecular weight excluding hydrogens is 298 g/mol. The van der Waals surface area contributed by atoms with Gasteiger partial charge >= 0.3 is 11.7 Å². The first-order valence-electron chi connectivity index (χ1n) is 8.05. The van der Waals surface area contributed by atoms with E-state index in [-0.39, 0.29) is 17.9 Å². The van der Waals surface area contributed by atoms with Crippen LogP contribution in [0.1, 0.15) is 51.0 Å². The largest absolute Gasteiger partial charge is 0.487 e. The molecule has 0 heterocycles. The van der Waals surface area contributed by atoms with Gasteiger partial charge in [-0.05, 0) is 18.1 Å². The molecule has 0 aromatic heterocycles. The van der Waals surface area contributed by atoms with Crippen LogP contribution in [-0.4, -0.2) is 24.6 Å². The number of carbonyl (C=O) groups excluding carboxylic acids is 1. The molecule has 0 aliphatic heterocycles. The van der Waals surface area contributed by atoms with Crippen LogP contribution >= 0.6 is 0 Å². The first-order valence-corrected chi connectivity index (χ1v) is 8.05. The lowest BCUT2D eigenvalue weighted by atomic mass is 10.1. The highest BCUT2D eigenvalue weighted by Gasteiger charge is 2.17. The zero-order chi connectivity index (χ0) is 17.1. The third kappa shape index (κ3) is 7.13. The highest BCUT2D eigenvalue weighted by molar-refractivity contribution is 5.73. The lowest BCUT2D eigenvalue weighted by Crippen LogP contribution is -2.06.